The molecule has 14 nitrogen and oxygen atoms in total. The van der Waals surface area contributed by atoms with Crippen LogP contribution in [0.3, 0.4) is 0 Å². The van der Waals surface area contributed by atoms with Crippen molar-refractivity contribution >= 4 is 35.3 Å². The van der Waals surface area contributed by atoms with Crippen molar-refractivity contribution in [3.63, 3.8) is 0 Å². The van der Waals surface area contributed by atoms with Crippen LogP contribution in [-0.2, 0) is 40.1 Å². The molecule has 0 spiro atoms. The molecule has 4 unspecified atom stereocenters. The van der Waals surface area contributed by atoms with Crippen molar-refractivity contribution in [2.24, 2.45) is 11.8 Å². The van der Waals surface area contributed by atoms with E-state index in [9.17, 15) is 29.1 Å². The van der Waals surface area contributed by atoms with Gasteiger partial charge in [-0.2, -0.15) is 0 Å². The summed E-state index contributed by atoms with van der Waals surface area (Å²) >= 11 is 0. The SMILES string of the molecule is CC(C)NC(C(=O)NCC(=O)Nc1ccc(COC(=O)C(C)C)cc1OC1CC(O)CC(C(=O)NCC(=O)O)O1)C(C)C. The monoisotopic (exact) mass is 608 g/mol. The zero-order chi connectivity index (χ0) is 32.3. The topological polar surface area (TPSA) is 202 Å². The quantitative estimate of drug-likeness (QED) is 0.155. The Morgan fingerprint density at radius 1 is 1.00 bits per heavy atom. The lowest BCUT2D eigenvalue weighted by Crippen LogP contribution is -2.51. The molecule has 0 saturated carbocycles. The number of anilines is 1. The van der Waals surface area contributed by atoms with Crippen LogP contribution in [0.5, 0.6) is 5.75 Å². The standard InChI is InChI=1S/C29H44N4O10/c1-15(2)26(32-17(5)6)28(39)30-12-23(35)33-20-8-7-18(14-41-29(40)16(3)4)9-21(20)42-25-11-19(34)10-22(43-25)27(38)31-13-24(36)37/h7-9,15-17,19,22,25-26,32,34H,10-14H2,1-6H3,(H,30,39)(H,31,38)(H,33,35)(H,36,37). The van der Waals surface area contributed by atoms with Crippen molar-refractivity contribution in [3.05, 3.63) is 23.8 Å². The lowest BCUT2D eigenvalue weighted by molar-refractivity contribution is -0.184. The molecule has 0 aromatic heterocycles. The number of hydrogen-bond acceptors (Lipinski definition) is 10. The molecular formula is C29H44N4O10. The van der Waals surface area contributed by atoms with Gasteiger partial charge in [0.25, 0.3) is 0 Å². The first-order valence-corrected chi connectivity index (χ1v) is 14.3. The first-order valence-electron chi connectivity index (χ1n) is 14.3. The number of aliphatic carboxylic acids is 1. The molecule has 0 radical (unpaired) electrons. The van der Waals surface area contributed by atoms with Gasteiger partial charge in [0.2, 0.25) is 24.0 Å². The molecule has 1 aliphatic rings. The average molecular weight is 609 g/mol. The van der Waals surface area contributed by atoms with Crippen LogP contribution in [0, 0.1) is 11.8 Å². The molecular weight excluding hydrogens is 564 g/mol. The Balaban J connectivity index is 2.19. The predicted molar refractivity (Wildman–Crippen MR) is 155 cm³/mol. The highest BCUT2D eigenvalue weighted by atomic mass is 16.7. The number of ether oxygens (including phenoxy) is 3. The minimum atomic E-state index is -1.24. The van der Waals surface area contributed by atoms with Gasteiger partial charge >= 0.3 is 11.9 Å². The molecule has 14 heteroatoms. The first-order chi connectivity index (χ1) is 20.2. The number of carbonyl (C=O) groups is 5. The van der Waals surface area contributed by atoms with E-state index < -0.39 is 54.8 Å². The Morgan fingerprint density at radius 2 is 1.70 bits per heavy atom. The predicted octanol–water partition coefficient (Wildman–Crippen LogP) is 0.909. The van der Waals surface area contributed by atoms with E-state index in [1.165, 1.54) is 12.1 Å². The zero-order valence-electron chi connectivity index (χ0n) is 25.5. The van der Waals surface area contributed by atoms with E-state index in [-0.39, 0.29) is 61.2 Å². The van der Waals surface area contributed by atoms with E-state index in [2.05, 4.69) is 21.3 Å². The Morgan fingerprint density at radius 3 is 2.30 bits per heavy atom. The van der Waals surface area contributed by atoms with Crippen LogP contribution in [0.1, 0.15) is 59.9 Å². The lowest BCUT2D eigenvalue weighted by atomic mass is 10.0. The molecule has 1 saturated heterocycles. The lowest BCUT2D eigenvalue weighted by Gasteiger charge is -2.32. The summed E-state index contributed by atoms with van der Waals surface area (Å²) in [5.41, 5.74) is 0.733. The van der Waals surface area contributed by atoms with Crippen LogP contribution in [0.15, 0.2) is 18.2 Å². The zero-order valence-corrected chi connectivity index (χ0v) is 25.5. The van der Waals surface area contributed by atoms with E-state index in [1.807, 2.05) is 27.7 Å². The third-order valence-corrected chi connectivity index (χ3v) is 6.29. The fourth-order valence-corrected chi connectivity index (χ4v) is 4.10. The maximum atomic E-state index is 12.8. The molecule has 1 aliphatic heterocycles. The maximum Gasteiger partial charge on any atom is 0.322 e. The highest BCUT2D eigenvalue weighted by Crippen LogP contribution is 2.31. The van der Waals surface area contributed by atoms with Crippen LogP contribution >= 0.6 is 0 Å². The molecule has 1 fully saturated rings. The van der Waals surface area contributed by atoms with E-state index in [0.717, 1.165) is 0 Å². The number of amides is 3. The number of hydrogen-bond donors (Lipinski definition) is 6. The second-order valence-electron chi connectivity index (χ2n) is 11.3. The number of aliphatic hydroxyl groups excluding tert-OH is 1. The fourth-order valence-electron chi connectivity index (χ4n) is 4.10. The number of carboxylic acid groups (broad SMARTS) is 1. The minimum Gasteiger partial charge on any atom is -0.480 e. The van der Waals surface area contributed by atoms with Gasteiger partial charge in [0.1, 0.15) is 25.0 Å². The summed E-state index contributed by atoms with van der Waals surface area (Å²) in [6.07, 6.45) is -3.39. The van der Waals surface area contributed by atoms with E-state index in [4.69, 9.17) is 19.3 Å². The summed E-state index contributed by atoms with van der Waals surface area (Å²) in [7, 11) is 0. The summed E-state index contributed by atoms with van der Waals surface area (Å²) in [6.45, 7) is 10.0. The number of esters is 1. The number of carboxylic acids is 1. The van der Waals surface area contributed by atoms with Crippen molar-refractivity contribution in [2.75, 3.05) is 18.4 Å². The maximum absolute atomic E-state index is 12.8. The molecule has 43 heavy (non-hydrogen) atoms. The second-order valence-corrected chi connectivity index (χ2v) is 11.3. The molecule has 4 atom stereocenters. The van der Waals surface area contributed by atoms with Crippen LogP contribution in [0.25, 0.3) is 0 Å². The van der Waals surface area contributed by atoms with Gasteiger partial charge in [-0.25, -0.2) is 0 Å². The first kappa shape index (κ1) is 35.4. The highest BCUT2D eigenvalue weighted by Gasteiger charge is 2.34. The van der Waals surface area contributed by atoms with E-state index >= 15 is 0 Å². The van der Waals surface area contributed by atoms with Crippen molar-refractivity contribution in [3.8, 4) is 5.75 Å². The van der Waals surface area contributed by atoms with Gasteiger partial charge in [0.15, 0.2) is 0 Å². The van der Waals surface area contributed by atoms with Gasteiger partial charge in [0, 0.05) is 18.9 Å². The van der Waals surface area contributed by atoms with Crippen molar-refractivity contribution < 1.29 is 48.4 Å². The number of rotatable bonds is 15. The second kappa shape index (κ2) is 16.8. The molecule has 1 aromatic carbocycles. The van der Waals surface area contributed by atoms with Crippen molar-refractivity contribution in [1.82, 2.24) is 16.0 Å². The number of nitrogens with one attached hydrogen (secondary N) is 4. The molecule has 0 aliphatic carbocycles. The van der Waals surface area contributed by atoms with Gasteiger partial charge in [-0.3, -0.25) is 24.0 Å². The van der Waals surface area contributed by atoms with E-state index in [0.29, 0.717) is 5.56 Å². The molecule has 6 N–H and O–H groups in total. The third kappa shape index (κ3) is 12.2. The van der Waals surface area contributed by atoms with Gasteiger partial charge in [-0.15, -0.1) is 0 Å². The van der Waals surface area contributed by atoms with Crippen LogP contribution < -0.4 is 26.0 Å². The van der Waals surface area contributed by atoms with E-state index in [1.54, 1.807) is 19.9 Å². The third-order valence-electron chi connectivity index (χ3n) is 6.29. The van der Waals surface area contributed by atoms with Gasteiger partial charge in [-0.1, -0.05) is 47.6 Å². The fraction of sp³-hybridized carbons (Fsp3) is 0.621. The smallest absolute Gasteiger partial charge is 0.322 e. The van der Waals surface area contributed by atoms with Crippen molar-refractivity contribution in [1.29, 1.82) is 0 Å². The Bertz CT molecular complexity index is 1140. The minimum absolute atomic E-state index is 0.0105. The average Bonchev–Trinajstić information content (AvgIpc) is 2.92. The summed E-state index contributed by atoms with van der Waals surface area (Å²) in [5.74, 6) is -3.48. The summed E-state index contributed by atoms with van der Waals surface area (Å²) in [4.78, 5) is 60.7. The molecule has 3 amide bonds. The van der Waals surface area contributed by atoms with Crippen molar-refractivity contribution in [2.45, 2.75) is 91.6 Å². The molecule has 240 valence electrons. The van der Waals surface area contributed by atoms with Gasteiger partial charge in [0.05, 0.1) is 30.3 Å². The Hall–Kier alpha value is -3.75. The normalized spacial score (nSPS) is 19.1. The highest BCUT2D eigenvalue weighted by molar-refractivity contribution is 5.96. The van der Waals surface area contributed by atoms with Gasteiger partial charge < -0.3 is 45.7 Å². The number of carbonyl (C=O) groups excluding carboxylic acids is 4. The summed E-state index contributed by atoms with van der Waals surface area (Å²) in [6, 6.07) is 4.24. The molecule has 1 aromatic rings. The Labute approximate surface area is 251 Å². The van der Waals surface area contributed by atoms with Crippen LogP contribution in [-0.4, -0.2) is 83.5 Å². The summed E-state index contributed by atoms with van der Waals surface area (Å²) < 4.78 is 17.0. The number of benzene rings is 1. The number of aliphatic hydroxyl groups is 1. The summed E-state index contributed by atoms with van der Waals surface area (Å²) in [5, 5.41) is 29.9. The largest absolute Gasteiger partial charge is 0.480 e. The molecule has 0 bridgehead atoms. The Kier molecular flexibility index (Phi) is 13.8. The molecule has 2 rings (SSSR count). The molecule has 1 heterocycles. The van der Waals surface area contributed by atoms with Gasteiger partial charge in [-0.05, 0) is 23.6 Å². The van der Waals surface area contributed by atoms with Crippen LogP contribution in [0.4, 0.5) is 5.69 Å². The van der Waals surface area contributed by atoms with Crippen LogP contribution in [0.2, 0.25) is 0 Å².